The molecule has 0 radical (unpaired) electrons. The van der Waals surface area contributed by atoms with E-state index in [4.69, 9.17) is 0 Å². The van der Waals surface area contributed by atoms with Crippen LogP contribution < -0.4 is 15.4 Å². The Bertz CT molecular complexity index is 618. The summed E-state index contributed by atoms with van der Waals surface area (Å²) in [5, 5.41) is 6.42. The van der Waals surface area contributed by atoms with Crippen LogP contribution in [0.3, 0.4) is 0 Å². The summed E-state index contributed by atoms with van der Waals surface area (Å²) in [6.45, 7) is -0.0620. The van der Waals surface area contributed by atoms with Crippen molar-refractivity contribution in [2.75, 3.05) is 20.2 Å². The van der Waals surface area contributed by atoms with E-state index in [9.17, 15) is 13.2 Å². The lowest BCUT2D eigenvalue weighted by Crippen LogP contribution is -2.37. The van der Waals surface area contributed by atoms with E-state index in [0.717, 1.165) is 18.5 Å². The average molecular weight is 498 g/mol. The number of guanidine groups is 1. The second-order valence-electron chi connectivity index (χ2n) is 6.12. The molecule has 0 aromatic carbocycles. The highest BCUT2D eigenvalue weighted by Gasteiger charge is 2.28. The van der Waals surface area contributed by atoms with Gasteiger partial charge in [-0.25, -0.2) is 4.98 Å². The number of hydrogen-bond donors (Lipinski definition) is 2. The third-order valence-electron chi connectivity index (χ3n) is 3.99. The molecular weight excluding hydrogens is 472 g/mol. The highest BCUT2D eigenvalue weighted by atomic mass is 127. The Labute approximate surface area is 174 Å². The molecule has 5 nitrogen and oxygen atoms in total. The third kappa shape index (κ3) is 9.83. The van der Waals surface area contributed by atoms with Crippen LogP contribution in [0.5, 0.6) is 5.88 Å². The predicted molar refractivity (Wildman–Crippen MR) is 111 cm³/mol. The van der Waals surface area contributed by atoms with Crippen LogP contribution in [0.2, 0.25) is 0 Å². The summed E-state index contributed by atoms with van der Waals surface area (Å²) in [5.74, 6) is 0.633. The topological polar surface area (TPSA) is 58.5 Å². The number of nitrogens with zero attached hydrogens (tertiary/aromatic N) is 2. The summed E-state index contributed by atoms with van der Waals surface area (Å²) in [6, 6.07) is 3.10. The molecule has 1 aliphatic rings. The number of ether oxygens (including phenoxy) is 1. The van der Waals surface area contributed by atoms with Crippen molar-refractivity contribution in [3.05, 3.63) is 35.5 Å². The van der Waals surface area contributed by atoms with Gasteiger partial charge in [-0.15, -0.1) is 24.0 Å². The van der Waals surface area contributed by atoms with Crippen LogP contribution >= 0.6 is 24.0 Å². The zero-order valence-corrected chi connectivity index (χ0v) is 17.6. The fourth-order valence-corrected chi connectivity index (χ4v) is 2.64. The highest BCUT2D eigenvalue weighted by molar-refractivity contribution is 14.0. The molecule has 9 heteroatoms. The minimum absolute atomic E-state index is 0. The number of rotatable bonds is 7. The number of hydrogen-bond acceptors (Lipinski definition) is 3. The first-order valence-corrected chi connectivity index (χ1v) is 8.73. The summed E-state index contributed by atoms with van der Waals surface area (Å²) >= 11 is 0. The standard InChI is InChI=1S/C18H25F3N4O.HI/c1-22-17(23-10-9-14-5-3-2-4-6-14)25-12-15-7-8-16(24-11-15)26-13-18(19,20)21;/h5,7-8,11H,2-4,6,9-10,12-13H2,1H3,(H2,22,23,25);1H. The van der Waals surface area contributed by atoms with Crippen LogP contribution in [-0.4, -0.2) is 37.3 Å². The van der Waals surface area contributed by atoms with Crippen molar-refractivity contribution in [1.29, 1.82) is 0 Å². The molecule has 0 saturated carbocycles. The molecule has 0 fully saturated rings. The lowest BCUT2D eigenvalue weighted by Gasteiger charge is -2.15. The van der Waals surface area contributed by atoms with E-state index < -0.39 is 12.8 Å². The van der Waals surface area contributed by atoms with Crippen molar-refractivity contribution in [3.8, 4) is 5.88 Å². The van der Waals surface area contributed by atoms with Gasteiger partial charge in [0, 0.05) is 32.4 Å². The molecule has 1 aromatic heterocycles. The maximum atomic E-state index is 12.1. The third-order valence-corrected chi connectivity index (χ3v) is 3.99. The maximum Gasteiger partial charge on any atom is 0.422 e. The molecule has 152 valence electrons. The van der Waals surface area contributed by atoms with E-state index in [1.54, 1.807) is 13.1 Å². The van der Waals surface area contributed by atoms with Crippen LogP contribution in [0.15, 0.2) is 35.0 Å². The molecule has 1 aromatic rings. The molecule has 0 amide bonds. The molecule has 0 aliphatic heterocycles. The van der Waals surface area contributed by atoms with Gasteiger partial charge in [0.05, 0.1) is 0 Å². The summed E-state index contributed by atoms with van der Waals surface area (Å²) in [6.07, 6.45) is 5.37. The number of alkyl halides is 3. The quantitative estimate of drug-likeness (QED) is 0.256. The Kier molecular flexibility index (Phi) is 10.5. The molecule has 0 bridgehead atoms. The molecule has 27 heavy (non-hydrogen) atoms. The van der Waals surface area contributed by atoms with Crippen LogP contribution in [0.1, 0.15) is 37.7 Å². The number of pyridine rings is 1. The lowest BCUT2D eigenvalue weighted by molar-refractivity contribution is -0.154. The van der Waals surface area contributed by atoms with Crippen LogP contribution in [0.4, 0.5) is 13.2 Å². The van der Waals surface area contributed by atoms with Crippen molar-refractivity contribution < 1.29 is 17.9 Å². The molecule has 1 aliphatic carbocycles. The summed E-state index contributed by atoms with van der Waals surface area (Å²) in [4.78, 5) is 8.04. The minimum Gasteiger partial charge on any atom is -0.468 e. The number of nitrogens with one attached hydrogen (secondary N) is 2. The molecular formula is C18H26F3IN4O. The Morgan fingerprint density at radius 1 is 1.26 bits per heavy atom. The molecule has 2 rings (SSSR count). The van der Waals surface area contributed by atoms with Gasteiger partial charge in [-0.05, 0) is 37.7 Å². The average Bonchev–Trinajstić information content (AvgIpc) is 2.64. The van der Waals surface area contributed by atoms with Crippen molar-refractivity contribution in [3.63, 3.8) is 0 Å². The Balaban J connectivity index is 0.00000364. The Hall–Kier alpha value is -1.52. The van der Waals surface area contributed by atoms with Gasteiger partial charge in [-0.1, -0.05) is 17.7 Å². The van der Waals surface area contributed by atoms with E-state index >= 15 is 0 Å². The van der Waals surface area contributed by atoms with Crippen LogP contribution in [-0.2, 0) is 6.54 Å². The second-order valence-corrected chi connectivity index (χ2v) is 6.12. The van der Waals surface area contributed by atoms with Gasteiger partial charge < -0.3 is 15.4 Å². The van der Waals surface area contributed by atoms with Gasteiger partial charge in [0.25, 0.3) is 0 Å². The summed E-state index contributed by atoms with van der Waals surface area (Å²) in [7, 11) is 1.70. The lowest BCUT2D eigenvalue weighted by atomic mass is 9.97. The van der Waals surface area contributed by atoms with Gasteiger partial charge in [0.1, 0.15) is 0 Å². The fourth-order valence-electron chi connectivity index (χ4n) is 2.64. The van der Waals surface area contributed by atoms with Crippen molar-refractivity contribution >= 4 is 29.9 Å². The largest absolute Gasteiger partial charge is 0.468 e. The predicted octanol–water partition coefficient (Wildman–Crippen LogP) is 4.20. The second kappa shape index (κ2) is 12.0. The highest BCUT2D eigenvalue weighted by Crippen LogP contribution is 2.19. The number of allylic oxidation sites excluding steroid dienone is 1. The molecule has 2 N–H and O–H groups in total. The van der Waals surface area contributed by atoms with E-state index in [2.05, 4.69) is 31.4 Å². The van der Waals surface area contributed by atoms with E-state index in [1.165, 1.54) is 43.5 Å². The number of halogens is 4. The fraction of sp³-hybridized carbons (Fsp3) is 0.556. The maximum absolute atomic E-state index is 12.1. The van der Waals surface area contributed by atoms with E-state index in [1.807, 2.05) is 0 Å². The summed E-state index contributed by atoms with van der Waals surface area (Å²) < 4.78 is 40.9. The first kappa shape index (κ1) is 23.5. The normalized spacial score (nSPS) is 14.8. The summed E-state index contributed by atoms with van der Waals surface area (Å²) in [5.41, 5.74) is 2.32. The van der Waals surface area contributed by atoms with E-state index in [-0.39, 0.29) is 29.9 Å². The zero-order valence-electron chi connectivity index (χ0n) is 15.3. The van der Waals surface area contributed by atoms with Crippen LogP contribution in [0.25, 0.3) is 0 Å². The van der Waals surface area contributed by atoms with Gasteiger partial charge in [-0.2, -0.15) is 13.2 Å². The SMILES string of the molecule is CN=C(NCCC1=CCCCC1)NCc1ccc(OCC(F)(F)F)nc1.I. The van der Waals surface area contributed by atoms with E-state index in [0.29, 0.717) is 12.5 Å². The first-order valence-electron chi connectivity index (χ1n) is 8.73. The van der Waals surface area contributed by atoms with Gasteiger partial charge in [0.2, 0.25) is 5.88 Å². The number of aromatic nitrogens is 1. The zero-order chi connectivity index (χ0) is 18.8. The Morgan fingerprint density at radius 3 is 2.67 bits per heavy atom. The van der Waals surface area contributed by atoms with Crippen molar-refractivity contribution in [2.45, 2.75) is 44.8 Å². The van der Waals surface area contributed by atoms with Gasteiger partial charge in [-0.3, -0.25) is 4.99 Å². The van der Waals surface area contributed by atoms with Crippen molar-refractivity contribution in [1.82, 2.24) is 15.6 Å². The first-order chi connectivity index (χ1) is 12.5. The minimum atomic E-state index is -4.37. The van der Waals surface area contributed by atoms with Gasteiger partial charge >= 0.3 is 6.18 Å². The van der Waals surface area contributed by atoms with Crippen molar-refractivity contribution in [2.24, 2.45) is 4.99 Å². The smallest absolute Gasteiger partial charge is 0.422 e. The molecule has 0 unspecified atom stereocenters. The molecule has 0 saturated heterocycles. The molecule has 0 spiro atoms. The number of aliphatic imine (C=N–C) groups is 1. The van der Waals surface area contributed by atoms with Crippen LogP contribution in [0, 0.1) is 0 Å². The monoisotopic (exact) mass is 498 g/mol. The molecule has 0 atom stereocenters. The Morgan fingerprint density at radius 2 is 2.07 bits per heavy atom. The molecule has 1 heterocycles. The van der Waals surface area contributed by atoms with Gasteiger partial charge in [0.15, 0.2) is 12.6 Å².